The van der Waals surface area contributed by atoms with Gasteiger partial charge in [-0.25, -0.2) is 4.58 Å². The van der Waals surface area contributed by atoms with Crippen LogP contribution in [-0.4, -0.2) is 43.9 Å². The SMILES string of the molecule is CN(C)/C=C/C=[N+](C)C.[Y]. The Hall–Kier alpha value is 0.314. The van der Waals surface area contributed by atoms with Crippen LogP contribution in [0.4, 0.5) is 0 Å². The Balaban J connectivity index is 0. The summed E-state index contributed by atoms with van der Waals surface area (Å²) >= 11 is 0. The smallest absolute Gasteiger partial charge is 0.164 e. The first-order chi connectivity index (χ1) is 4.13. The fraction of sp³-hybridized carbons (Fsp3) is 0.571. The van der Waals surface area contributed by atoms with Crippen LogP contribution in [0.25, 0.3) is 0 Å². The van der Waals surface area contributed by atoms with Gasteiger partial charge in [-0.2, -0.15) is 0 Å². The minimum Gasteiger partial charge on any atom is -0.383 e. The maximum absolute atomic E-state index is 2.00. The monoisotopic (exact) mass is 216 g/mol. The van der Waals surface area contributed by atoms with Gasteiger partial charge in [-0.3, -0.25) is 0 Å². The van der Waals surface area contributed by atoms with Crippen LogP contribution in [0.5, 0.6) is 0 Å². The zero-order valence-corrected chi connectivity index (χ0v) is 10.0. The molecule has 0 saturated carbocycles. The maximum atomic E-state index is 2.00. The third-order valence-electron chi connectivity index (χ3n) is 0.768. The molecule has 0 heterocycles. The van der Waals surface area contributed by atoms with Crippen molar-refractivity contribution in [3.63, 3.8) is 0 Å². The second-order valence-corrected chi connectivity index (χ2v) is 2.42. The van der Waals surface area contributed by atoms with E-state index in [1.54, 1.807) is 0 Å². The first-order valence-corrected chi connectivity index (χ1v) is 2.97. The molecule has 1 radical (unpaired) electrons. The Morgan fingerprint density at radius 1 is 1.20 bits per heavy atom. The normalized spacial score (nSPS) is 8.80. The Labute approximate surface area is 88.5 Å². The van der Waals surface area contributed by atoms with Crippen molar-refractivity contribution in [2.75, 3.05) is 28.2 Å². The van der Waals surface area contributed by atoms with Gasteiger partial charge in [0.2, 0.25) is 0 Å². The summed E-state index contributed by atoms with van der Waals surface area (Å²) in [7, 11) is 8.00. The molecule has 3 heteroatoms. The van der Waals surface area contributed by atoms with E-state index in [-0.39, 0.29) is 32.7 Å². The van der Waals surface area contributed by atoms with E-state index < -0.39 is 0 Å². The predicted octanol–water partition coefficient (Wildman–Crippen LogP) is 0.402. The number of hydrogen-bond acceptors (Lipinski definition) is 1. The molecule has 0 unspecified atom stereocenters. The van der Waals surface area contributed by atoms with Crippen molar-refractivity contribution >= 4 is 6.21 Å². The van der Waals surface area contributed by atoms with Gasteiger partial charge in [0.25, 0.3) is 0 Å². The predicted molar refractivity (Wildman–Crippen MR) is 41.0 cm³/mol. The third kappa shape index (κ3) is 11.2. The van der Waals surface area contributed by atoms with Crippen LogP contribution < -0.4 is 0 Å². The number of hydrogen-bond donors (Lipinski definition) is 0. The molecule has 0 fully saturated rings. The van der Waals surface area contributed by atoms with E-state index in [0.29, 0.717) is 0 Å². The van der Waals surface area contributed by atoms with Crippen molar-refractivity contribution in [3.05, 3.63) is 12.3 Å². The zero-order chi connectivity index (χ0) is 7.28. The average molecular weight is 216 g/mol. The van der Waals surface area contributed by atoms with Gasteiger partial charge < -0.3 is 4.90 Å². The Bertz CT molecular complexity index is 124. The second kappa shape index (κ2) is 7.42. The largest absolute Gasteiger partial charge is 0.383 e. The molecule has 0 rings (SSSR count). The molecule has 0 aliphatic rings. The molecule has 2 nitrogen and oxygen atoms in total. The van der Waals surface area contributed by atoms with Crippen molar-refractivity contribution in [3.8, 4) is 0 Å². The van der Waals surface area contributed by atoms with Crippen molar-refractivity contribution in [1.82, 2.24) is 4.90 Å². The number of nitrogens with zero attached hydrogens (tertiary/aromatic N) is 2. The maximum Gasteiger partial charge on any atom is 0.164 e. The van der Waals surface area contributed by atoms with Crippen molar-refractivity contribution in [1.29, 1.82) is 0 Å². The molecule has 0 aromatic heterocycles. The summed E-state index contributed by atoms with van der Waals surface area (Å²) in [6.45, 7) is 0. The molecule has 55 valence electrons. The average Bonchev–Trinajstić information content (AvgIpc) is 1.63. The molecule has 0 aliphatic carbocycles. The number of rotatable bonds is 2. The first kappa shape index (κ1) is 12.9. The molecule has 0 aromatic carbocycles. The summed E-state index contributed by atoms with van der Waals surface area (Å²) < 4.78 is 2.00. The quantitative estimate of drug-likeness (QED) is 0.478. The fourth-order valence-electron chi connectivity index (χ4n) is 0.383. The van der Waals surface area contributed by atoms with Gasteiger partial charge in [0.05, 0.1) is 0 Å². The van der Waals surface area contributed by atoms with Gasteiger partial charge in [0.1, 0.15) is 14.1 Å². The molecule has 0 aromatic rings. The van der Waals surface area contributed by atoms with Crippen molar-refractivity contribution < 1.29 is 37.3 Å². The standard InChI is InChI=1S/C7H15N2.Y/c1-8(2)6-5-7-9(3)4;/h5-7H,1-4H3;/q+1;. The van der Waals surface area contributed by atoms with Crippen LogP contribution in [0.15, 0.2) is 12.3 Å². The molecule has 10 heavy (non-hydrogen) atoms. The molecule has 0 N–H and O–H groups in total. The minimum atomic E-state index is 0. The summed E-state index contributed by atoms with van der Waals surface area (Å²) in [5, 5.41) is 0. The number of allylic oxidation sites excluding steroid dienone is 1. The molecule has 0 atom stereocenters. The second-order valence-electron chi connectivity index (χ2n) is 2.42. The van der Waals surface area contributed by atoms with Crippen LogP contribution in [0.1, 0.15) is 0 Å². The van der Waals surface area contributed by atoms with Crippen LogP contribution in [0, 0.1) is 0 Å². The van der Waals surface area contributed by atoms with Gasteiger partial charge in [-0.1, -0.05) is 0 Å². The van der Waals surface area contributed by atoms with Gasteiger partial charge in [0, 0.05) is 59.1 Å². The van der Waals surface area contributed by atoms with Gasteiger partial charge in [0.15, 0.2) is 6.21 Å². The molecule has 0 aliphatic heterocycles. The van der Waals surface area contributed by atoms with E-state index in [9.17, 15) is 0 Å². The molecule has 0 amide bonds. The Morgan fingerprint density at radius 3 is 2.00 bits per heavy atom. The molecule has 0 bridgehead atoms. The van der Waals surface area contributed by atoms with Crippen LogP contribution >= 0.6 is 0 Å². The van der Waals surface area contributed by atoms with Crippen LogP contribution in [0.2, 0.25) is 0 Å². The topological polar surface area (TPSA) is 6.25 Å². The molecule has 0 saturated heterocycles. The Morgan fingerprint density at radius 2 is 1.70 bits per heavy atom. The van der Waals surface area contributed by atoms with E-state index in [2.05, 4.69) is 0 Å². The van der Waals surface area contributed by atoms with E-state index >= 15 is 0 Å². The summed E-state index contributed by atoms with van der Waals surface area (Å²) in [6.07, 6.45) is 6.00. The zero-order valence-electron chi connectivity index (χ0n) is 7.20. The summed E-state index contributed by atoms with van der Waals surface area (Å²) in [5.74, 6) is 0. The summed E-state index contributed by atoms with van der Waals surface area (Å²) in [4.78, 5) is 2.00. The van der Waals surface area contributed by atoms with Crippen LogP contribution in [-0.2, 0) is 32.7 Å². The van der Waals surface area contributed by atoms with Gasteiger partial charge >= 0.3 is 0 Å². The summed E-state index contributed by atoms with van der Waals surface area (Å²) in [5.41, 5.74) is 0. The Kier molecular flexibility index (Phi) is 9.61. The fourth-order valence-corrected chi connectivity index (χ4v) is 0.383. The summed E-state index contributed by atoms with van der Waals surface area (Å²) in [6, 6.07) is 0. The third-order valence-corrected chi connectivity index (χ3v) is 0.768. The van der Waals surface area contributed by atoms with Gasteiger partial charge in [-0.05, 0) is 0 Å². The van der Waals surface area contributed by atoms with E-state index in [0.717, 1.165) is 0 Å². The van der Waals surface area contributed by atoms with E-state index in [1.165, 1.54) is 0 Å². The van der Waals surface area contributed by atoms with Crippen molar-refractivity contribution in [2.24, 2.45) is 0 Å². The molecule has 0 spiro atoms. The van der Waals surface area contributed by atoms with Crippen molar-refractivity contribution in [2.45, 2.75) is 0 Å². The minimum absolute atomic E-state index is 0. The van der Waals surface area contributed by atoms with E-state index in [4.69, 9.17) is 0 Å². The first-order valence-electron chi connectivity index (χ1n) is 2.97. The van der Waals surface area contributed by atoms with Gasteiger partial charge in [-0.15, -0.1) is 0 Å². The van der Waals surface area contributed by atoms with Crippen LogP contribution in [0.3, 0.4) is 0 Å². The molecular formula is C7H15N2Y+. The van der Waals surface area contributed by atoms with E-state index in [1.807, 2.05) is 56.2 Å². The molecular weight excluding hydrogens is 201 g/mol.